The summed E-state index contributed by atoms with van der Waals surface area (Å²) < 4.78 is 25.8. The van der Waals surface area contributed by atoms with E-state index >= 15 is 0 Å². The number of rotatable bonds is 9. The lowest BCUT2D eigenvalue weighted by Crippen LogP contribution is -2.30. The van der Waals surface area contributed by atoms with Crippen LogP contribution >= 0.6 is 11.6 Å². The fraction of sp³-hybridized carbons (Fsp3) is 0.304. The third-order valence-corrected chi connectivity index (χ3v) is 5.08. The highest BCUT2D eigenvalue weighted by atomic mass is 35.5. The summed E-state index contributed by atoms with van der Waals surface area (Å²) in [5.74, 6) is -1.34. The Bertz CT molecular complexity index is 1190. The van der Waals surface area contributed by atoms with E-state index in [1.54, 1.807) is 13.0 Å². The highest BCUT2D eigenvalue weighted by molar-refractivity contribution is 6.32. The van der Waals surface area contributed by atoms with Gasteiger partial charge in [-0.25, -0.2) is 14.4 Å². The molecule has 1 saturated heterocycles. The number of urea groups is 1. The lowest BCUT2D eigenvalue weighted by Gasteiger charge is -2.17. The molecule has 0 unspecified atom stereocenters. The highest BCUT2D eigenvalue weighted by Crippen LogP contribution is 2.38. The molecule has 0 radical (unpaired) electrons. The molecule has 12 heteroatoms. The van der Waals surface area contributed by atoms with Crippen molar-refractivity contribution in [3.05, 3.63) is 52.1 Å². The van der Waals surface area contributed by atoms with Crippen molar-refractivity contribution in [3.63, 3.8) is 0 Å². The van der Waals surface area contributed by atoms with E-state index in [1.165, 1.54) is 45.4 Å². The number of esters is 2. The summed E-state index contributed by atoms with van der Waals surface area (Å²) in [4.78, 5) is 49.4. The van der Waals surface area contributed by atoms with Crippen LogP contribution in [0.1, 0.15) is 35.7 Å². The molecule has 0 saturated carbocycles. The Balaban J connectivity index is 1.83. The Labute approximate surface area is 205 Å². The van der Waals surface area contributed by atoms with Crippen LogP contribution in [0.25, 0.3) is 6.08 Å². The average molecular weight is 507 g/mol. The number of halogens is 1. The summed E-state index contributed by atoms with van der Waals surface area (Å²) in [5, 5.41) is 2.62. The third kappa shape index (κ3) is 5.75. The van der Waals surface area contributed by atoms with Gasteiger partial charge in [0.2, 0.25) is 5.76 Å². The molecular weight excluding hydrogens is 484 g/mol. The normalized spacial score (nSPS) is 15.1. The number of imide groups is 1. The smallest absolute Gasteiger partial charge is 0.373 e. The van der Waals surface area contributed by atoms with Gasteiger partial charge in [0.15, 0.2) is 17.6 Å². The van der Waals surface area contributed by atoms with Crippen LogP contribution < -0.4 is 14.8 Å². The summed E-state index contributed by atoms with van der Waals surface area (Å²) in [5.41, 5.74) is 0.429. The number of furan rings is 1. The van der Waals surface area contributed by atoms with Gasteiger partial charge < -0.3 is 28.7 Å². The molecule has 35 heavy (non-hydrogen) atoms. The van der Waals surface area contributed by atoms with Gasteiger partial charge in [0.05, 0.1) is 32.4 Å². The van der Waals surface area contributed by atoms with Crippen molar-refractivity contribution in [2.45, 2.75) is 26.5 Å². The van der Waals surface area contributed by atoms with Crippen molar-refractivity contribution < 1.29 is 42.5 Å². The van der Waals surface area contributed by atoms with E-state index in [4.69, 9.17) is 25.5 Å². The monoisotopic (exact) mass is 506 g/mol. The standard InChI is InChI=1S/C23H23ClN2O9/c1-5-33-18-10-13(8-15(24)19(18)34-12(2)21(28)31-3)9-16-20(27)26(23(30)25-16)11-14-6-7-17(35-14)22(29)32-4/h6-10,12H,5,11H2,1-4H3,(H,25,30)/b16-9-/t12-/m1/s1. The molecule has 0 bridgehead atoms. The Morgan fingerprint density at radius 1 is 1.20 bits per heavy atom. The van der Waals surface area contributed by atoms with Gasteiger partial charge in [-0.05, 0) is 49.8 Å². The molecule has 2 aromatic rings. The number of nitrogens with one attached hydrogen (secondary N) is 1. The number of benzene rings is 1. The first kappa shape index (κ1) is 25.6. The van der Waals surface area contributed by atoms with Crippen molar-refractivity contribution in [2.24, 2.45) is 0 Å². The minimum absolute atomic E-state index is 0.00939. The maximum Gasteiger partial charge on any atom is 0.373 e. The summed E-state index contributed by atoms with van der Waals surface area (Å²) in [6.07, 6.45) is 0.482. The van der Waals surface area contributed by atoms with E-state index in [0.717, 1.165) is 4.90 Å². The van der Waals surface area contributed by atoms with Crippen LogP contribution in [0, 0.1) is 0 Å². The first-order chi connectivity index (χ1) is 16.7. The van der Waals surface area contributed by atoms with Crippen molar-refractivity contribution >= 4 is 41.6 Å². The van der Waals surface area contributed by atoms with Crippen LogP contribution in [0.2, 0.25) is 5.02 Å². The molecule has 1 aliphatic heterocycles. The van der Waals surface area contributed by atoms with Crippen LogP contribution in [0.4, 0.5) is 4.79 Å². The quantitative estimate of drug-likeness (QED) is 0.309. The van der Waals surface area contributed by atoms with Gasteiger partial charge in [0, 0.05) is 0 Å². The molecule has 1 aliphatic rings. The predicted molar refractivity (Wildman–Crippen MR) is 122 cm³/mol. The minimum Gasteiger partial charge on any atom is -0.490 e. The predicted octanol–water partition coefficient (Wildman–Crippen LogP) is 3.15. The summed E-state index contributed by atoms with van der Waals surface area (Å²) in [7, 11) is 2.45. The van der Waals surface area contributed by atoms with E-state index < -0.39 is 30.0 Å². The maximum absolute atomic E-state index is 12.8. The molecule has 1 atom stereocenters. The van der Waals surface area contributed by atoms with Crippen LogP contribution in [0.5, 0.6) is 11.5 Å². The van der Waals surface area contributed by atoms with Gasteiger partial charge in [0.25, 0.3) is 5.91 Å². The van der Waals surface area contributed by atoms with E-state index in [1.807, 2.05) is 0 Å². The number of nitrogens with zero attached hydrogens (tertiary/aromatic N) is 1. The van der Waals surface area contributed by atoms with Crippen molar-refractivity contribution in [1.29, 1.82) is 0 Å². The second-order valence-electron chi connectivity index (χ2n) is 7.18. The molecule has 11 nitrogen and oxygen atoms in total. The topological polar surface area (TPSA) is 134 Å². The van der Waals surface area contributed by atoms with Crippen LogP contribution in [0.3, 0.4) is 0 Å². The molecule has 2 heterocycles. The molecule has 3 amide bonds. The largest absolute Gasteiger partial charge is 0.490 e. The molecule has 0 spiro atoms. The lowest BCUT2D eigenvalue weighted by atomic mass is 10.1. The molecule has 1 fully saturated rings. The number of hydrogen-bond donors (Lipinski definition) is 1. The molecule has 186 valence electrons. The number of amides is 3. The highest BCUT2D eigenvalue weighted by Gasteiger charge is 2.34. The number of ether oxygens (including phenoxy) is 4. The van der Waals surface area contributed by atoms with E-state index in [0.29, 0.717) is 5.56 Å². The third-order valence-electron chi connectivity index (χ3n) is 4.79. The van der Waals surface area contributed by atoms with Gasteiger partial charge in [-0.2, -0.15) is 0 Å². The summed E-state index contributed by atoms with van der Waals surface area (Å²) >= 11 is 6.37. The molecule has 3 rings (SSSR count). The van der Waals surface area contributed by atoms with Crippen LogP contribution in [-0.2, 0) is 25.6 Å². The Morgan fingerprint density at radius 3 is 2.60 bits per heavy atom. The van der Waals surface area contributed by atoms with E-state index in [2.05, 4.69) is 14.8 Å². The molecule has 1 aromatic carbocycles. The van der Waals surface area contributed by atoms with Gasteiger partial charge in [-0.1, -0.05) is 11.6 Å². The molecule has 1 N–H and O–H groups in total. The Hall–Kier alpha value is -3.99. The Kier molecular flexibility index (Phi) is 8.02. The zero-order chi connectivity index (χ0) is 25.7. The fourth-order valence-corrected chi connectivity index (χ4v) is 3.41. The number of carbonyl (C=O) groups is 4. The SMILES string of the molecule is CCOc1cc(/C=C2\NC(=O)N(Cc3ccc(C(=O)OC)o3)C2=O)cc(Cl)c1O[C@H](C)C(=O)OC. The number of methoxy groups -OCH3 is 2. The second-order valence-corrected chi connectivity index (χ2v) is 7.59. The molecular formula is C23H23ClN2O9. The number of carbonyl (C=O) groups excluding carboxylic acids is 4. The zero-order valence-corrected chi connectivity index (χ0v) is 20.1. The molecule has 1 aromatic heterocycles. The molecule has 0 aliphatic carbocycles. The van der Waals surface area contributed by atoms with Crippen LogP contribution in [0.15, 0.2) is 34.4 Å². The maximum atomic E-state index is 12.8. The van der Waals surface area contributed by atoms with Gasteiger partial charge >= 0.3 is 18.0 Å². The van der Waals surface area contributed by atoms with Crippen molar-refractivity contribution in [1.82, 2.24) is 10.2 Å². The second kappa shape index (κ2) is 11.0. The fourth-order valence-electron chi connectivity index (χ4n) is 3.15. The van der Waals surface area contributed by atoms with Crippen molar-refractivity contribution in [2.75, 3.05) is 20.8 Å². The minimum atomic E-state index is -0.938. The average Bonchev–Trinajstić information content (AvgIpc) is 3.40. The Morgan fingerprint density at radius 2 is 1.94 bits per heavy atom. The van der Waals surface area contributed by atoms with E-state index in [-0.39, 0.29) is 46.9 Å². The van der Waals surface area contributed by atoms with Gasteiger partial charge in [-0.3, -0.25) is 9.69 Å². The summed E-state index contributed by atoms with van der Waals surface area (Å²) in [6, 6.07) is 5.24. The van der Waals surface area contributed by atoms with Gasteiger partial charge in [0.1, 0.15) is 11.5 Å². The van der Waals surface area contributed by atoms with E-state index in [9.17, 15) is 19.2 Å². The van der Waals surface area contributed by atoms with Crippen LogP contribution in [-0.4, -0.2) is 55.7 Å². The first-order valence-electron chi connectivity index (χ1n) is 10.4. The zero-order valence-electron chi connectivity index (χ0n) is 19.4. The lowest BCUT2D eigenvalue weighted by molar-refractivity contribution is -0.148. The summed E-state index contributed by atoms with van der Waals surface area (Å²) in [6.45, 7) is 3.34. The number of hydrogen-bond acceptors (Lipinski definition) is 9. The van der Waals surface area contributed by atoms with Crippen molar-refractivity contribution in [3.8, 4) is 11.5 Å². The van der Waals surface area contributed by atoms with Gasteiger partial charge in [-0.15, -0.1) is 0 Å². The first-order valence-corrected chi connectivity index (χ1v) is 10.8.